The molecule has 0 aliphatic rings. The van der Waals surface area contributed by atoms with E-state index in [0.717, 1.165) is 13.1 Å². The molecular formula is C17H29NO2. The maximum absolute atomic E-state index is 6.02. The average Bonchev–Trinajstić information content (AvgIpc) is 2.38. The zero-order valence-corrected chi connectivity index (χ0v) is 13.5. The predicted molar refractivity (Wildman–Crippen MR) is 84.1 cm³/mol. The van der Waals surface area contributed by atoms with Crippen LogP contribution in [0, 0.1) is 6.92 Å². The number of aryl methyl sites for hydroxylation is 1. The minimum Gasteiger partial charge on any atom is -0.373 e. The van der Waals surface area contributed by atoms with E-state index < -0.39 is 0 Å². The molecule has 3 heteroatoms. The van der Waals surface area contributed by atoms with Crippen molar-refractivity contribution in [2.24, 2.45) is 0 Å². The summed E-state index contributed by atoms with van der Waals surface area (Å²) in [7, 11) is 0. The monoisotopic (exact) mass is 279 g/mol. The van der Waals surface area contributed by atoms with Crippen molar-refractivity contribution in [1.29, 1.82) is 0 Å². The molecule has 1 aromatic rings. The molecule has 0 fully saturated rings. The zero-order chi connectivity index (χ0) is 15.0. The van der Waals surface area contributed by atoms with E-state index in [1.54, 1.807) is 0 Å². The summed E-state index contributed by atoms with van der Waals surface area (Å²) in [5.74, 6) is 0. The van der Waals surface area contributed by atoms with Crippen LogP contribution in [0.2, 0.25) is 0 Å². The Bertz CT molecular complexity index is 385. The van der Waals surface area contributed by atoms with Gasteiger partial charge in [0.05, 0.1) is 24.9 Å². The van der Waals surface area contributed by atoms with Crippen LogP contribution < -0.4 is 5.32 Å². The maximum atomic E-state index is 6.02. The van der Waals surface area contributed by atoms with Crippen LogP contribution in [-0.4, -0.2) is 31.9 Å². The molecular weight excluding hydrogens is 250 g/mol. The topological polar surface area (TPSA) is 30.5 Å². The maximum Gasteiger partial charge on any atom is 0.0952 e. The molecule has 1 unspecified atom stereocenters. The summed E-state index contributed by atoms with van der Waals surface area (Å²) < 4.78 is 11.7. The Morgan fingerprint density at radius 3 is 2.45 bits per heavy atom. The fraction of sp³-hybridized carbons (Fsp3) is 0.647. The lowest BCUT2D eigenvalue weighted by atomic mass is 10.0. The molecule has 20 heavy (non-hydrogen) atoms. The lowest BCUT2D eigenvalue weighted by molar-refractivity contribution is -0.0519. The minimum absolute atomic E-state index is 0.0831. The van der Waals surface area contributed by atoms with Crippen LogP contribution in [0.1, 0.15) is 44.9 Å². The first kappa shape index (κ1) is 17.2. The van der Waals surface area contributed by atoms with E-state index in [1.807, 2.05) is 0 Å². The van der Waals surface area contributed by atoms with E-state index in [1.165, 1.54) is 11.1 Å². The van der Waals surface area contributed by atoms with Gasteiger partial charge in [-0.15, -0.1) is 0 Å². The highest BCUT2D eigenvalue weighted by Crippen LogP contribution is 2.20. The molecule has 0 aromatic heterocycles. The van der Waals surface area contributed by atoms with Crippen LogP contribution >= 0.6 is 0 Å². The summed E-state index contributed by atoms with van der Waals surface area (Å²) >= 11 is 0. The molecule has 3 nitrogen and oxygen atoms in total. The first-order chi connectivity index (χ1) is 9.44. The molecule has 1 N–H and O–H groups in total. The second-order valence-electron chi connectivity index (χ2n) is 5.98. The summed E-state index contributed by atoms with van der Waals surface area (Å²) in [6.07, 6.45) is 0.0831. The molecule has 0 amide bonds. The van der Waals surface area contributed by atoms with E-state index in [2.05, 4.69) is 64.2 Å². The molecule has 0 radical (unpaired) electrons. The van der Waals surface area contributed by atoms with Crippen molar-refractivity contribution in [3.63, 3.8) is 0 Å². The smallest absolute Gasteiger partial charge is 0.0952 e. The van der Waals surface area contributed by atoms with Crippen LogP contribution in [0.5, 0.6) is 0 Å². The first-order valence-corrected chi connectivity index (χ1v) is 7.46. The van der Waals surface area contributed by atoms with Gasteiger partial charge in [0, 0.05) is 6.54 Å². The van der Waals surface area contributed by atoms with Crippen molar-refractivity contribution in [2.75, 3.05) is 26.3 Å². The normalized spacial score (nSPS) is 13.4. The number of hydrogen-bond acceptors (Lipinski definition) is 3. The number of likely N-dealkylation sites (N-methyl/N-ethyl adjacent to an activating group) is 1. The Kier molecular flexibility index (Phi) is 7.20. The Hall–Kier alpha value is -0.900. The summed E-state index contributed by atoms with van der Waals surface area (Å²) in [6, 6.07) is 8.40. The summed E-state index contributed by atoms with van der Waals surface area (Å²) in [4.78, 5) is 0. The van der Waals surface area contributed by atoms with Crippen molar-refractivity contribution in [3.05, 3.63) is 35.4 Å². The van der Waals surface area contributed by atoms with E-state index in [0.29, 0.717) is 13.2 Å². The standard InChI is InChI=1S/C17H29NO2/c1-6-18-13-16(15-10-8-7-9-14(15)2)19-11-12-20-17(3,4)5/h7-10,16,18H,6,11-13H2,1-5H3. The van der Waals surface area contributed by atoms with Crippen molar-refractivity contribution >= 4 is 0 Å². The third-order valence-electron chi connectivity index (χ3n) is 3.05. The third-order valence-corrected chi connectivity index (χ3v) is 3.05. The second-order valence-corrected chi connectivity index (χ2v) is 5.98. The molecule has 0 saturated heterocycles. The van der Waals surface area contributed by atoms with Crippen molar-refractivity contribution in [2.45, 2.75) is 46.3 Å². The molecule has 114 valence electrons. The van der Waals surface area contributed by atoms with E-state index in [4.69, 9.17) is 9.47 Å². The quantitative estimate of drug-likeness (QED) is 0.739. The van der Waals surface area contributed by atoms with Gasteiger partial charge < -0.3 is 14.8 Å². The van der Waals surface area contributed by atoms with E-state index >= 15 is 0 Å². The zero-order valence-electron chi connectivity index (χ0n) is 13.5. The fourth-order valence-electron chi connectivity index (χ4n) is 2.02. The lowest BCUT2D eigenvalue weighted by Crippen LogP contribution is -2.26. The highest BCUT2D eigenvalue weighted by molar-refractivity contribution is 5.28. The SMILES string of the molecule is CCNCC(OCCOC(C)(C)C)c1ccccc1C. The number of benzene rings is 1. The molecule has 1 atom stereocenters. The molecule has 0 saturated carbocycles. The van der Waals surface area contributed by atoms with Crippen LogP contribution in [-0.2, 0) is 9.47 Å². The van der Waals surface area contributed by atoms with E-state index in [9.17, 15) is 0 Å². The Balaban J connectivity index is 2.55. The highest BCUT2D eigenvalue weighted by atomic mass is 16.5. The van der Waals surface area contributed by atoms with Gasteiger partial charge in [0.2, 0.25) is 0 Å². The third kappa shape index (κ3) is 6.51. The summed E-state index contributed by atoms with van der Waals surface area (Å²) in [6.45, 7) is 13.4. The molecule has 0 bridgehead atoms. The van der Waals surface area contributed by atoms with Gasteiger partial charge in [0.15, 0.2) is 0 Å². The molecule has 1 aromatic carbocycles. The number of hydrogen-bond donors (Lipinski definition) is 1. The first-order valence-electron chi connectivity index (χ1n) is 7.46. The Morgan fingerprint density at radius 1 is 1.15 bits per heavy atom. The van der Waals surface area contributed by atoms with Crippen molar-refractivity contribution in [1.82, 2.24) is 5.32 Å². The van der Waals surface area contributed by atoms with Gasteiger partial charge in [-0.2, -0.15) is 0 Å². The number of ether oxygens (including phenoxy) is 2. The van der Waals surface area contributed by atoms with Crippen LogP contribution in [0.4, 0.5) is 0 Å². The summed E-state index contributed by atoms with van der Waals surface area (Å²) in [5, 5.41) is 3.37. The van der Waals surface area contributed by atoms with Gasteiger partial charge in [-0.3, -0.25) is 0 Å². The summed E-state index contributed by atoms with van der Waals surface area (Å²) in [5.41, 5.74) is 2.42. The molecule has 0 aliphatic carbocycles. The predicted octanol–water partition coefficient (Wildman–Crippen LogP) is 3.48. The Morgan fingerprint density at radius 2 is 1.85 bits per heavy atom. The van der Waals surface area contributed by atoms with Crippen molar-refractivity contribution in [3.8, 4) is 0 Å². The van der Waals surface area contributed by atoms with Crippen LogP contribution in [0.25, 0.3) is 0 Å². The largest absolute Gasteiger partial charge is 0.373 e. The van der Waals surface area contributed by atoms with Gasteiger partial charge in [-0.1, -0.05) is 31.2 Å². The van der Waals surface area contributed by atoms with Gasteiger partial charge in [0.25, 0.3) is 0 Å². The van der Waals surface area contributed by atoms with E-state index in [-0.39, 0.29) is 11.7 Å². The van der Waals surface area contributed by atoms with Crippen molar-refractivity contribution < 1.29 is 9.47 Å². The van der Waals surface area contributed by atoms with Crippen LogP contribution in [0.3, 0.4) is 0 Å². The fourth-order valence-corrected chi connectivity index (χ4v) is 2.02. The van der Waals surface area contributed by atoms with Gasteiger partial charge in [-0.05, 0) is 45.4 Å². The lowest BCUT2D eigenvalue weighted by Gasteiger charge is -2.23. The number of rotatable bonds is 8. The molecule has 0 spiro atoms. The Labute approximate surface area is 123 Å². The number of nitrogens with one attached hydrogen (secondary N) is 1. The minimum atomic E-state index is -0.108. The molecule has 1 rings (SSSR count). The average molecular weight is 279 g/mol. The molecule has 0 heterocycles. The highest BCUT2D eigenvalue weighted by Gasteiger charge is 2.15. The molecule has 0 aliphatic heterocycles. The second kappa shape index (κ2) is 8.40. The van der Waals surface area contributed by atoms with Gasteiger partial charge >= 0.3 is 0 Å². The van der Waals surface area contributed by atoms with Gasteiger partial charge in [-0.25, -0.2) is 0 Å². The van der Waals surface area contributed by atoms with Gasteiger partial charge in [0.1, 0.15) is 0 Å². The van der Waals surface area contributed by atoms with Crippen LogP contribution in [0.15, 0.2) is 24.3 Å².